The molecular formula is C6H13NO3. The van der Waals surface area contributed by atoms with Crippen LogP contribution < -0.4 is 5.73 Å². The van der Waals surface area contributed by atoms with Crippen LogP contribution in [-0.4, -0.2) is 35.3 Å². The standard InChI is InChI=1S/C6H13NO3/c7-4-1-2-6(9)10-5(4)3-8/h4-6,8-9H,1-3,7H2/t4-,5+,6-/m0/s1. The Morgan fingerprint density at radius 2 is 2.20 bits per heavy atom. The van der Waals surface area contributed by atoms with Gasteiger partial charge >= 0.3 is 0 Å². The molecule has 1 aliphatic heterocycles. The molecule has 1 heterocycles. The number of ether oxygens (including phenoxy) is 1. The van der Waals surface area contributed by atoms with Crippen molar-refractivity contribution in [3.8, 4) is 0 Å². The van der Waals surface area contributed by atoms with Gasteiger partial charge in [0.25, 0.3) is 0 Å². The van der Waals surface area contributed by atoms with Crippen molar-refractivity contribution < 1.29 is 14.9 Å². The molecule has 0 aromatic carbocycles. The Balaban J connectivity index is 2.38. The van der Waals surface area contributed by atoms with Crippen LogP contribution in [0.15, 0.2) is 0 Å². The zero-order valence-corrected chi connectivity index (χ0v) is 5.73. The maximum Gasteiger partial charge on any atom is 0.155 e. The quantitative estimate of drug-likeness (QED) is 0.435. The summed E-state index contributed by atoms with van der Waals surface area (Å²) >= 11 is 0. The maximum atomic E-state index is 8.94. The van der Waals surface area contributed by atoms with Crippen LogP contribution in [0.4, 0.5) is 0 Å². The molecule has 10 heavy (non-hydrogen) atoms. The van der Waals surface area contributed by atoms with Crippen molar-refractivity contribution >= 4 is 0 Å². The summed E-state index contributed by atoms with van der Waals surface area (Å²) in [6.45, 7) is -0.113. The lowest BCUT2D eigenvalue weighted by molar-refractivity contribution is -0.178. The van der Waals surface area contributed by atoms with Gasteiger partial charge in [-0.25, -0.2) is 0 Å². The first-order valence-corrected chi connectivity index (χ1v) is 3.44. The molecule has 4 nitrogen and oxygen atoms in total. The van der Waals surface area contributed by atoms with E-state index in [1.54, 1.807) is 0 Å². The molecule has 60 valence electrons. The van der Waals surface area contributed by atoms with E-state index in [9.17, 15) is 0 Å². The second-order valence-corrected chi connectivity index (χ2v) is 2.55. The van der Waals surface area contributed by atoms with E-state index in [2.05, 4.69) is 0 Å². The molecule has 0 saturated carbocycles. The van der Waals surface area contributed by atoms with Crippen LogP contribution >= 0.6 is 0 Å². The molecule has 3 atom stereocenters. The Morgan fingerprint density at radius 3 is 2.70 bits per heavy atom. The van der Waals surface area contributed by atoms with E-state index in [0.717, 1.165) is 0 Å². The fourth-order valence-corrected chi connectivity index (χ4v) is 1.07. The summed E-state index contributed by atoms with van der Waals surface area (Å²) in [6.07, 6.45) is 0.157. The Kier molecular flexibility index (Phi) is 2.62. The summed E-state index contributed by atoms with van der Waals surface area (Å²) in [6, 6.07) is -0.131. The highest BCUT2D eigenvalue weighted by Crippen LogP contribution is 2.15. The molecule has 0 bridgehead atoms. The van der Waals surface area contributed by atoms with Crippen molar-refractivity contribution in [2.75, 3.05) is 6.61 Å². The van der Waals surface area contributed by atoms with E-state index in [1.165, 1.54) is 0 Å². The van der Waals surface area contributed by atoms with Gasteiger partial charge in [0.15, 0.2) is 6.29 Å². The largest absolute Gasteiger partial charge is 0.394 e. The predicted octanol–water partition coefficient (Wildman–Crippen LogP) is -1.20. The third-order valence-corrected chi connectivity index (χ3v) is 1.74. The van der Waals surface area contributed by atoms with Crippen LogP contribution in [-0.2, 0) is 4.74 Å². The highest BCUT2D eigenvalue weighted by atomic mass is 16.6. The molecule has 1 saturated heterocycles. The Bertz CT molecular complexity index is 109. The van der Waals surface area contributed by atoms with Gasteiger partial charge < -0.3 is 20.7 Å². The van der Waals surface area contributed by atoms with Crippen LogP contribution in [0.3, 0.4) is 0 Å². The van der Waals surface area contributed by atoms with Gasteiger partial charge in [-0.3, -0.25) is 0 Å². The van der Waals surface area contributed by atoms with E-state index >= 15 is 0 Å². The zero-order valence-electron chi connectivity index (χ0n) is 5.73. The second-order valence-electron chi connectivity index (χ2n) is 2.55. The van der Waals surface area contributed by atoms with Crippen molar-refractivity contribution in [1.29, 1.82) is 0 Å². The van der Waals surface area contributed by atoms with E-state index in [-0.39, 0.29) is 18.8 Å². The van der Waals surface area contributed by atoms with Crippen LogP contribution in [0.5, 0.6) is 0 Å². The van der Waals surface area contributed by atoms with Gasteiger partial charge in [0.1, 0.15) is 0 Å². The summed E-state index contributed by atoms with van der Waals surface area (Å²) < 4.78 is 4.93. The minimum atomic E-state index is -0.739. The third-order valence-electron chi connectivity index (χ3n) is 1.74. The summed E-state index contributed by atoms with van der Waals surface area (Å²) in [5.74, 6) is 0. The molecular weight excluding hydrogens is 134 g/mol. The van der Waals surface area contributed by atoms with E-state index < -0.39 is 6.29 Å². The Hall–Kier alpha value is -0.160. The van der Waals surface area contributed by atoms with E-state index in [4.69, 9.17) is 20.7 Å². The molecule has 1 fully saturated rings. The SMILES string of the molecule is N[C@H]1CC[C@@H](O)O[C@@H]1CO. The smallest absolute Gasteiger partial charge is 0.155 e. The highest BCUT2D eigenvalue weighted by molar-refractivity contribution is 4.77. The lowest BCUT2D eigenvalue weighted by Crippen LogP contribution is -2.46. The number of aliphatic hydroxyl groups is 2. The van der Waals surface area contributed by atoms with Crippen LogP contribution in [0.2, 0.25) is 0 Å². The number of nitrogens with two attached hydrogens (primary N) is 1. The lowest BCUT2D eigenvalue weighted by Gasteiger charge is -2.30. The fraction of sp³-hybridized carbons (Fsp3) is 1.00. The van der Waals surface area contributed by atoms with Crippen molar-refractivity contribution in [2.45, 2.75) is 31.3 Å². The fourth-order valence-electron chi connectivity index (χ4n) is 1.07. The van der Waals surface area contributed by atoms with Crippen LogP contribution in [0.1, 0.15) is 12.8 Å². The second kappa shape index (κ2) is 3.30. The van der Waals surface area contributed by atoms with Crippen molar-refractivity contribution in [3.63, 3.8) is 0 Å². The van der Waals surface area contributed by atoms with Crippen LogP contribution in [0, 0.1) is 0 Å². The van der Waals surface area contributed by atoms with Crippen molar-refractivity contribution in [1.82, 2.24) is 0 Å². The lowest BCUT2D eigenvalue weighted by atomic mass is 10.0. The number of aliphatic hydroxyl groups excluding tert-OH is 2. The topological polar surface area (TPSA) is 75.7 Å². The monoisotopic (exact) mass is 147 g/mol. The highest BCUT2D eigenvalue weighted by Gasteiger charge is 2.26. The minimum Gasteiger partial charge on any atom is -0.394 e. The molecule has 0 aliphatic carbocycles. The van der Waals surface area contributed by atoms with Crippen LogP contribution in [0.25, 0.3) is 0 Å². The van der Waals surface area contributed by atoms with E-state index in [0.29, 0.717) is 12.8 Å². The normalized spacial score (nSPS) is 41.7. The summed E-state index contributed by atoms with van der Waals surface area (Å²) in [4.78, 5) is 0. The summed E-state index contributed by atoms with van der Waals surface area (Å²) in [5.41, 5.74) is 5.56. The molecule has 1 aliphatic rings. The molecule has 1 rings (SSSR count). The molecule has 4 heteroatoms. The number of hydrogen-bond acceptors (Lipinski definition) is 4. The predicted molar refractivity (Wildman–Crippen MR) is 35.2 cm³/mol. The maximum absolute atomic E-state index is 8.94. The van der Waals surface area contributed by atoms with E-state index in [1.807, 2.05) is 0 Å². The van der Waals surface area contributed by atoms with Gasteiger partial charge in [0.2, 0.25) is 0 Å². The molecule has 0 aromatic rings. The zero-order chi connectivity index (χ0) is 7.56. The number of rotatable bonds is 1. The molecule has 0 aromatic heterocycles. The van der Waals surface area contributed by atoms with Gasteiger partial charge in [0, 0.05) is 6.04 Å². The molecule has 0 spiro atoms. The average molecular weight is 147 g/mol. The van der Waals surface area contributed by atoms with Gasteiger partial charge in [-0.15, -0.1) is 0 Å². The van der Waals surface area contributed by atoms with Crippen molar-refractivity contribution in [2.24, 2.45) is 5.73 Å². The van der Waals surface area contributed by atoms with Gasteiger partial charge in [0.05, 0.1) is 12.7 Å². The molecule has 4 N–H and O–H groups in total. The molecule has 0 amide bonds. The average Bonchev–Trinajstić information content (AvgIpc) is 1.94. The third kappa shape index (κ3) is 1.67. The molecule has 0 radical (unpaired) electrons. The Labute approximate surface area is 59.6 Å². The van der Waals surface area contributed by atoms with Crippen molar-refractivity contribution in [3.05, 3.63) is 0 Å². The molecule has 0 unspecified atom stereocenters. The summed E-state index contributed by atoms with van der Waals surface area (Å²) in [5, 5.41) is 17.6. The number of hydrogen-bond donors (Lipinski definition) is 3. The van der Waals surface area contributed by atoms with Gasteiger partial charge in [-0.2, -0.15) is 0 Å². The first-order valence-electron chi connectivity index (χ1n) is 3.44. The Morgan fingerprint density at radius 1 is 1.50 bits per heavy atom. The van der Waals surface area contributed by atoms with Gasteiger partial charge in [-0.1, -0.05) is 0 Å². The van der Waals surface area contributed by atoms with Gasteiger partial charge in [-0.05, 0) is 12.8 Å². The minimum absolute atomic E-state index is 0.113. The first kappa shape index (κ1) is 7.94. The first-order chi connectivity index (χ1) is 4.74. The summed E-state index contributed by atoms with van der Waals surface area (Å²) in [7, 11) is 0.